The molecule has 1 atom stereocenters. The van der Waals surface area contributed by atoms with Gasteiger partial charge in [0.1, 0.15) is 23.4 Å². The second kappa shape index (κ2) is 6.86. The number of nitrogens with one attached hydrogen (secondary N) is 1. The molecule has 1 N–H and O–H groups in total. The standard InChI is InChI=1S/C13H15F2NO2/c1-3-4-8-18-9(2)13(17)16-12-10(14)6-5-7-11(12)15/h3,5-7,9H,1,4,8H2,2H3,(H,16,17). The molecule has 1 aromatic rings. The van der Waals surface area contributed by atoms with Crippen LogP contribution in [0.3, 0.4) is 0 Å². The first-order valence-corrected chi connectivity index (χ1v) is 5.53. The first kappa shape index (κ1) is 14.3. The summed E-state index contributed by atoms with van der Waals surface area (Å²) in [6.07, 6.45) is 1.47. The Kier molecular flexibility index (Phi) is 5.45. The van der Waals surface area contributed by atoms with Gasteiger partial charge in [-0.1, -0.05) is 12.1 Å². The molecule has 5 heteroatoms. The maximum absolute atomic E-state index is 13.3. The minimum atomic E-state index is -0.818. The molecule has 1 amide bonds. The highest BCUT2D eigenvalue weighted by atomic mass is 19.1. The van der Waals surface area contributed by atoms with Crippen LogP contribution in [0.5, 0.6) is 0 Å². The van der Waals surface area contributed by atoms with Crippen LogP contribution in [-0.2, 0) is 9.53 Å². The highest BCUT2D eigenvalue weighted by Crippen LogP contribution is 2.18. The molecule has 3 nitrogen and oxygen atoms in total. The lowest BCUT2D eigenvalue weighted by Gasteiger charge is -2.13. The van der Waals surface area contributed by atoms with E-state index in [1.165, 1.54) is 13.0 Å². The van der Waals surface area contributed by atoms with E-state index < -0.39 is 29.3 Å². The zero-order chi connectivity index (χ0) is 13.5. The number of hydrogen-bond donors (Lipinski definition) is 1. The van der Waals surface area contributed by atoms with Crippen molar-refractivity contribution in [1.82, 2.24) is 0 Å². The van der Waals surface area contributed by atoms with Gasteiger partial charge in [-0.2, -0.15) is 0 Å². The Morgan fingerprint density at radius 1 is 1.50 bits per heavy atom. The van der Waals surface area contributed by atoms with Crippen molar-refractivity contribution in [3.05, 3.63) is 42.5 Å². The molecule has 0 radical (unpaired) electrons. The fraction of sp³-hybridized carbons (Fsp3) is 0.308. The molecular formula is C13H15F2NO2. The minimum Gasteiger partial charge on any atom is -0.368 e. The Morgan fingerprint density at radius 2 is 2.11 bits per heavy atom. The van der Waals surface area contributed by atoms with Gasteiger partial charge in [-0.25, -0.2) is 8.78 Å². The lowest BCUT2D eigenvalue weighted by Crippen LogP contribution is -2.28. The van der Waals surface area contributed by atoms with Crippen LogP contribution in [0.1, 0.15) is 13.3 Å². The fourth-order valence-corrected chi connectivity index (χ4v) is 1.25. The van der Waals surface area contributed by atoms with Crippen LogP contribution in [0.15, 0.2) is 30.9 Å². The van der Waals surface area contributed by atoms with Gasteiger partial charge in [-0.3, -0.25) is 4.79 Å². The molecule has 0 aliphatic carbocycles. The van der Waals surface area contributed by atoms with Crippen LogP contribution in [-0.4, -0.2) is 18.6 Å². The van der Waals surface area contributed by atoms with Gasteiger partial charge in [-0.05, 0) is 25.5 Å². The number of para-hydroxylation sites is 1. The summed E-state index contributed by atoms with van der Waals surface area (Å²) in [4.78, 5) is 11.6. The number of amides is 1. The number of benzene rings is 1. The average Bonchev–Trinajstić information content (AvgIpc) is 2.34. The molecule has 0 fully saturated rings. The molecule has 0 aliphatic rings. The second-order valence-electron chi connectivity index (χ2n) is 3.68. The van der Waals surface area contributed by atoms with Gasteiger partial charge in [0.2, 0.25) is 0 Å². The number of carbonyl (C=O) groups is 1. The lowest BCUT2D eigenvalue weighted by molar-refractivity contribution is -0.126. The quantitative estimate of drug-likeness (QED) is 0.627. The predicted molar refractivity (Wildman–Crippen MR) is 65.2 cm³/mol. The largest absolute Gasteiger partial charge is 0.368 e. The Labute approximate surface area is 104 Å². The molecule has 1 aromatic carbocycles. The zero-order valence-electron chi connectivity index (χ0n) is 10.1. The Balaban J connectivity index is 2.61. The highest BCUT2D eigenvalue weighted by Gasteiger charge is 2.17. The number of hydrogen-bond acceptors (Lipinski definition) is 2. The van der Waals surface area contributed by atoms with Crippen molar-refractivity contribution in [3.8, 4) is 0 Å². The molecule has 18 heavy (non-hydrogen) atoms. The van der Waals surface area contributed by atoms with Gasteiger partial charge in [0, 0.05) is 0 Å². The molecule has 0 saturated heterocycles. The summed E-state index contributed by atoms with van der Waals surface area (Å²) in [5.74, 6) is -2.23. The normalized spacial score (nSPS) is 11.9. The molecule has 0 spiro atoms. The summed E-state index contributed by atoms with van der Waals surface area (Å²) >= 11 is 0. The van der Waals surface area contributed by atoms with E-state index in [9.17, 15) is 13.6 Å². The van der Waals surface area contributed by atoms with Crippen molar-refractivity contribution < 1.29 is 18.3 Å². The van der Waals surface area contributed by atoms with E-state index in [0.717, 1.165) is 12.1 Å². The summed E-state index contributed by atoms with van der Waals surface area (Å²) in [5.41, 5.74) is -0.457. The monoisotopic (exact) mass is 255 g/mol. The SMILES string of the molecule is C=CCCOC(C)C(=O)Nc1c(F)cccc1F. The summed E-state index contributed by atoms with van der Waals surface area (Å²) in [6, 6.07) is 3.37. The second-order valence-corrected chi connectivity index (χ2v) is 3.68. The molecular weight excluding hydrogens is 240 g/mol. The number of carbonyl (C=O) groups excluding carboxylic acids is 1. The van der Waals surface area contributed by atoms with E-state index in [1.54, 1.807) is 6.08 Å². The smallest absolute Gasteiger partial charge is 0.253 e. The van der Waals surface area contributed by atoms with Gasteiger partial charge in [0.15, 0.2) is 0 Å². The Hall–Kier alpha value is -1.75. The lowest BCUT2D eigenvalue weighted by atomic mass is 10.2. The van der Waals surface area contributed by atoms with Crippen molar-refractivity contribution in [2.75, 3.05) is 11.9 Å². The van der Waals surface area contributed by atoms with Gasteiger partial charge >= 0.3 is 0 Å². The van der Waals surface area contributed by atoms with Crippen LogP contribution < -0.4 is 5.32 Å². The van der Waals surface area contributed by atoms with Crippen LogP contribution >= 0.6 is 0 Å². The average molecular weight is 255 g/mol. The maximum Gasteiger partial charge on any atom is 0.253 e. The van der Waals surface area contributed by atoms with Crippen molar-refractivity contribution in [2.24, 2.45) is 0 Å². The molecule has 0 aromatic heterocycles. The van der Waals surface area contributed by atoms with Crippen molar-refractivity contribution in [3.63, 3.8) is 0 Å². The topological polar surface area (TPSA) is 38.3 Å². The van der Waals surface area contributed by atoms with E-state index in [-0.39, 0.29) is 0 Å². The predicted octanol–water partition coefficient (Wildman–Crippen LogP) is 2.88. The van der Waals surface area contributed by atoms with E-state index in [4.69, 9.17) is 4.74 Å². The third-order valence-electron chi connectivity index (χ3n) is 2.27. The van der Waals surface area contributed by atoms with Crippen LogP contribution in [0.4, 0.5) is 14.5 Å². The minimum absolute atomic E-state index is 0.331. The van der Waals surface area contributed by atoms with Gasteiger partial charge in [0.05, 0.1) is 6.61 Å². The third-order valence-corrected chi connectivity index (χ3v) is 2.27. The van der Waals surface area contributed by atoms with E-state index in [2.05, 4.69) is 11.9 Å². The van der Waals surface area contributed by atoms with Crippen molar-refractivity contribution in [1.29, 1.82) is 0 Å². The van der Waals surface area contributed by atoms with Gasteiger partial charge in [-0.15, -0.1) is 6.58 Å². The van der Waals surface area contributed by atoms with E-state index in [1.807, 2.05) is 0 Å². The summed E-state index contributed by atoms with van der Waals surface area (Å²) in [6.45, 7) is 5.36. The molecule has 0 heterocycles. The first-order chi connectivity index (χ1) is 8.56. The molecule has 0 saturated carbocycles. The summed E-state index contributed by atoms with van der Waals surface area (Å²) in [5, 5.41) is 2.17. The molecule has 0 aliphatic heterocycles. The molecule has 0 bridgehead atoms. The third kappa shape index (κ3) is 3.92. The Bertz CT molecular complexity index is 415. The van der Waals surface area contributed by atoms with E-state index in [0.29, 0.717) is 13.0 Å². The Morgan fingerprint density at radius 3 is 2.67 bits per heavy atom. The number of ether oxygens (including phenoxy) is 1. The van der Waals surface area contributed by atoms with Crippen LogP contribution in [0.2, 0.25) is 0 Å². The van der Waals surface area contributed by atoms with Crippen LogP contribution in [0.25, 0.3) is 0 Å². The zero-order valence-corrected chi connectivity index (χ0v) is 10.1. The van der Waals surface area contributed by atoms with Crippen molar-refractivity contribution >= 4 is 11.6 Å². The summed E-state index contributed by atoms with van der Waals surface area (Å²) < 4.78 is 31.7. The van der Waals surface area contributed by atoms with Crippen LogP contribution in [0, 0.1) is 11.6 Å². The number of anilines is 1. The highest BCUT2D eigenvalue weighted by molar-refractivity contribution is 5.94. The maximum atomic E-state index is 13.3. The first-order valence-electron chi connectivity index (χ1n) is 5.53. The van der Waals surface area contributed by atoms with E-state index >= 15 is 0 Å². The molecule has 1 rings (SSSR count). The summed E-state index contributed by atoms with van der Waals surface area (Å²) in [7, 11) is 0. The van der Waals surface area contributed by atoms with Gasteiger partial charge < -0.3 is 10.1 Å². The van der Waals surface area contributed by atoms with Gasteiger partial charge in [0.25, 0.3) is 5.91 Å². The molecule has 98 valence electrons. The molecule has 1 unspecified atom stereocenters. The van der Waals surface area contributed by atoms with Crippen molar-refractivity contribution in [2.45, 2.75) is 19.4 Å². The fourth-order valence-electron chi connectivity index (χ4n) is 1.25. The number of halogens is 2. The number of rotatable bonds is 6.